The number of aliphatic carboxylic acids is 1. The molecule has 0 aliphatic carbocycles. The molecular weight excluding hydrogens is 509 g/mol. The molecule has 0 radical (unpaired) electrons. The first-order valence-electron chi connectivity index (χ1n) is 12.0. The molecule has 0 unspecified atom stereocenters. The summed E-state index contributed by atoms with van der Waals surface area (Å²) < 4.78 is 33.7. The lowest BCUT2D eigenvalue weighted by molar-refractivity contribution is -0.192. The van der Waals surface area contributed by atoms with Gasteiger partial charge in [0.15, 0.2) is 11.5 Å². The first kappa shape index (κ1) is 27.2. The molecule has 2 saturated heterocycles. The Morgan fingerprint density at radius 2 is 1.68 bits per heavy atom. The third-order valence-electron chi connectivity index (χ3n) is 7.29. The van der Waals surface area contributed by atoms with Crippen LogP contribution >= 0.6 is 0 Å². The van der Waals surface area contributed by atoms with Crippen LogP contribution in [0.15, 0.2) is 21.7 Å². The fourth-order valence-electron chi connectivity index (χ4n) is 4.92. The predicted octanol–water partition coefficient (Wildman–Crippen LogP) is 1.44. The molecule has 2 fully saturated rings. The number of amides is 1. The van der Waals surface area contributed by atoms with Crippen molar-refractivity contribution in [1.82, 2.24) is 29.7 Å². The van der Waals surface area contributed by atoms with Crippen LogP contribution in [0.1, 0.15) is 30.4 Å². The van der Waals surface area contributed by atoms with Crippen LogP contribution in [0.25, 0.3) is 22.6 Å². The number of carboxylic acids is 1. The largest absolute Gasteiger partial charge is 0.490 e. The quantitative estimate of drug-likeness (QED) is 0.426. The van der Waals surface area contributed by atoms with E-state index in [4.69, 9.17) is 9.90 Å². The smallest absolute Gasteiger partial charge is 0.475 e. The molecule has 1 aromatic rings. The van der Waals surface area contributed by atoms with Crippen molar-refractivity contribution in [1.29, 1.82) is 0 Å². The summed E-state index contributed by atoms with van der Waals surface area (Å²) >= 11 is 0. The maximum absolute atomic E-state index is 12.4. The van der Waals surface area contributed by atoms with Crippen molar-refractivity contribution >= 4 is 22.9 Å². The molecule has 0 atom stereocenters. The number of alkyl halides is 3. The van der Waals surface area contributed by atoms with Crippen molar-refractivity contribution in [3.8, 4) is 11.5 Å². The topological polar surface area (TPSA) is 150 Å². The molecule has 1 amide bonds. The number of halogens is 3. The van der Waals surface area contributed by atoms with E-state index in [-0.39, 0.29) is 17.0 Å². The number of nitrogens with zero attached hydrogens (tertiary/aromatic N) is 4. The van der Waals surface area contributed by atoms with Crippen molar-refractivity contribution in [3.05, 3.63) is 44.1 Å². The lowest BCUT2D eigenvalue weighted by atomic mass is 9.77. The fourth-order valence-corrected chi connectivity index (χ4v) is 4.92. The molecule has 0 bridgehead atoms. The second-order valence-corrected chi connectivity index (χ2v) is 9.66. The van der Waals surface area contributed by atoms with Gasteiger partial charge in [0.25, 0.3) is 5.56 Å². The number of hydrogen-bond acceptors (Lipinski definition) is 7. The highest BCUT2D eigenvalue weighted by Crippen LogP contribution is 2.38. The minimum absolute atomic E-state index is 0.176. The van der Waals surface area contributed by atoms with Gasteiger partial charge in [-0.2, -0.15) is 18.2 Å². The van der Waals surface area contributed by atoms with Crippen LogP contribution in [0.2, 0.25) is 0 Å². The Morgan fingerprint density at radius 3 is 2.26 bits per heavy atom. The number of carbonyl (C=O) groups excluding carboxylic acids is 1. The monoisotopic (exact) mass is 536 g/mol. The summed E-state index contributed by atoms with van der Waals surface area (Å²) in [7, 11) is 0. The number of aromatic nitrogens is 4. The van der Waals surface area contributed by atoms with Crippen molar-refractivity contribution in [3.63, 3.8) is 0 Å². The SMILES string of the molecule is Cc1cc2nc3c(=O)[nH]c(=O)nc-3n(CCN3CCC4(CCNC4=O)CC3)c2cc1C.O=C(O)C(F)(F)F. The van der Waals surface area contributed by atoms with Gasteiger partial charge >= 0.3 is 17.8 Å². The molecule has 1 aromatic carbocycles. The zero-order valence-corrected chi connectivity index (χ0v) is 20.8. The van der Waals surface area contributed by atoms with Crippen LogP contribution in [0.3, 0.4) is 0 Å². The van der Waals surface area contributed by atoms with Crippen molar-refractivity contribution in [2.45, 2.75) is 45.8 Å². The Labute approximate surface area is 214 Å². The second-order valence-electron chi connectivity index (χ2n) is 9.66. The van der Waals surface area contributed by atoms with Gasteiger partial charge in [-0.1, -0.05) is 0 Å². The molecule has 0 saturated carbocycles. The number of nitrogens with one attached hydrogen (secondary N) is 2. The fraction of sp³-hybridized carbons (Fsp3) is 0.500. The Kier molecular flexibility index (Phi) is 7.28. The minimum atomic E-state index is -5.08. The predicted molar refractivity (Wildman–Crippen MR) is 130 cm³/mol. The van der Waals surface area contributed by atoms with Crippen LogP contribution in [0.5, 0.6) is 0 Å². The van der Waals surface area contributed by atoms with E-state index < -0.39 is 23.4 Å². The number of piperidine rings is 1. The highest BCUT2D eigenvalue weighted by atomic mass is 19.4. The Hall–Kier alpha value is -3.81. The van der Waals surface area contributed by atoms with E-state index in [9.17, 15) is 27.6 Å². The van der Waals surface area contributed by atoms with Crippen LogP contribution < -0.4 is 16.6 Å². The summed E-state index contributed by atoms with van der Waals surface area (Å²) in [5.74, 6) is -2.24. The van der Waals surface area contributed by atoms with E-state index in [1.165, 1.54) is 0 Å². The van der Waals surface area contributed by atoms with Crippen molar-refractivity contribution in [2.24, 2.45) is 5.41 Å². The minimum Gasteiger partial charge on any atom is -0.475 e. The van der Waals surface area contributed by atoms with Gasteiger partial charge in [0, 0.05) is 19.6 Å². The molecular formula is C24H27F3N6O5. The van der Waals surface area contributed by atoms with E-state index in [2.05, 4.69) is 25.2 Å². The number of likely N-dealkylation sites (tertiary alicyclic amines) is 1. The molecule has 4 aliphatic rings. The summed E-state index contributed by atoms with van der Waals surface area (Å²) in [5.41, 5.74) is 2.57. The van der Waals surface area contributed by atoms with Gasteiger partial charge in [0.1, 0.15) is 0 Å². The van der Waals surface area contributed by atoms with E-state index in [1.54, 1.807) is 0 Å². The van der Waals surface area contributed by atoms with E-state index in [0.717, 1.165) is 62.1 Å². The first-order chi connectivity index (χ1) is 17.8. The number of rotatable bonds is 3. The summed E-state index contributed by atoms with van der Waals surface area (Å²) in [6, 6.07) is 4.01. The number of benzene rings is 1. The molecule has 204 valence electrons. The molecule has 4 heterocycles. The third kappa shape index (κ3) is 5.39. The number of aryl methyl sites for hydroxylation is 2. The number of carbonyl (C=O) groups is 2. The molecule has 14 heteroatoms. The number of H-pyrrole nitrogens is 1. The highest BCUT2D eigenvalue weighted by Gasteiger charge is 2.44. The Balaban J connectivity index is 0.000000426. The molecule has 5 rings (SSSR count). The third-order valence-corrected chi connectivity index (χ3v) is 7.29. The number of aromatic amines is 1. The number of hydrogen-bond donors (Lipinski definition) is 3. The van der Waals surface area contributed by atoms with Crippen molar-refractivity contribution in [2.75, 3.05) is 26.2 Å². The molecule has 3 N–H and O–H groups in total. The standard InChI is InChI=1S/C22H26N6O3.C2HF3O2/c1-13-11-15-16(12-14(13)2)28(18-17(24-15)19(29)26-21(31)25-18)10-9-27-7-4-22(5-8-27)3-6-23-20(22)30;3-2(4,5)1(6)7/h11-12H,3-10H2,1-2H3,(H,23,30)(H,26,29,31);(H,6,7). The highest BCUT2D eigenvalue weighted by molar-refractivity contribution is 5.84. The van der Waals surface area contributed by atoms with Gasteiger partial charge in [-0.3, -0.25) is 14.6 Å². The van der Waals surface area contributed by atoms with E-state index >= 15 is 0 Å². The number of fused-ring (bicyclic) bond motifs is 2. The maximum atomic E-state index is 12.4. The summed E-state index contributed by atoms with van der Waals surface area (Å²) in [5, 5.41) is 10.1. The van der Waals surface area contributed by atoms with Gasteiger partial charge in [-0.15, -0.1) is 0 Å². The second kappa shape index (κ2) is 10.2. The van der Waals surface area contributed by atoms with Crippen LogP contribution in [0, 0.1) is 19.3 Å². The average Bonchev–Trinajstić information content (AvgIpc) is 3.18. The summed E-state index contributed by atoms with van der Waals surface area (Å²) in [6.45, 7) is 7.85. The summed E-state index contributed by atoms with van der Waals surface area (Å²) in [6.07, 6.45) is -2.43. The first-order valence-corrected chi connectivity index (χ1v) is 12.0. The zero-order chi connectivity index (χ0) is 27.8. The van der Waals surface area contributed by atoms with Gasteiger partial charge in [-0.25, -0.2) is 14.6 Å². The lowest BCUT2D eigenvalue weighted by Crippen LogP contribution is -2.44. The lowest BCUT2D eigenvalue weighted by Gasteiger charge is -2.37. The van der Waals surface area contributed by atoms with Gasteiger partial charge in [-0.05, 0) is 69.5 Å². The van der Waals surface area contributed by atoms with Crippen LogP contribution in [0.4, 0.5) is 13.2 Å². The van der Waals surface area contributed by atoms with E-state index in [0.29, 0.717) is 17.9 Å². The average molecular weight is 537 g/mol. The molecule has 4 aliphatic heterocycles. The van der Waals surface area contributed by atoms with Gasteiger partial charge in [0.2, 0.25) is 5.91 Å². The molecule has 1 spiro atoms. The summed E-state index contributed by atoms with van der Waals surface area (Å²) in [4.78, 5) is 58.6. The van der Waals surface area contributed by atoms with Gasteiger partial charge < -0.3 is 19.9 Å². The maximum Gasteiger partial charge on any atom is 0.490 e. The zero-order valence-electron chi connectivity index (χ0n) is 20.8. The Bertz CT molecular complexity index is 1470. The Morgan fingerprint density at radius 1 is 1.05 bits per heavy atom. The number of carboxylic acid groups (broad SMARTS) is 1. The molecule has 11 nitrogen and oxygen atoms in total. The normalized spacial score (nSPS) is 17.4. The van der Waals surface area contributed by atoms with E-state index in [1.807, 2.05) is 30.5 Å². The molecule has 0 aromatic heterocycles. The van der Waals surface area contributed by atoms with Crippen LogP contribution in [-0.2, 0) is 16.1 Å². The molecule has 38 heavy (non-hydrogen) atoms. The van der Waals surface area contributed by atoms with Gasteiger partial charge in [0.05, 0.1) is 16.4 Å². The van der Waals surface area contributed by atoms with Crippen molar-refractivity contribution < 1.29 is 27.9 Å². The van der Waals surface area contributed by atoms with Crippen LogP contribution in [-0.4, -0.2) is 73.8 Å².